The van der Waals surface area contributed by atoms with Gasteiger partial charge in [0.25, 0.3) is 0 Å². The minimum atomic E-state index is -0.0896. The van der Waals surface area contributed by atoms with Gasteiger partial charge < -0.3 is 5.32 Å². The van der Waals surface area contributed by atoms with E-state index >= 15 is 0 Å². The molecular formula is C9H10N4O. The third-order valence-electron chi connectivity index (χ3n) is 1.93. The summed E-state index contributed by atoms with van der Waals surface area (Å²) in [5, 5.41) is 10.5. The van der Waals surface area contributed by atoms with Crippen LogP contribution in [-0.2, 0) is 11.8 Å². The molecule has 0 unspecified atom stereocenters. The van der Waals surface area contributed by atoms with E-state index in [9.17, 15) is 4.79 Å². The molecule has 72 valence electrons. The van der Waals surface area contributed by atoms with Gasteiger partial charge in [-0.3, -0.25) is 4.79 Å². The fourth-order valence-electron chi connectivity index (χ4n) is 1.32. The van der Waals surface area contributed by atoms with Crippen molar-refractivity contribution in [1.29, 1.82) is 0 Å². The van der Waals surface area contributed by atoms with Crippen LogP contribution in [0.3, 0.4) is 0 Å². The van der Waals surface area contributed by atoms with Gasteiger partial charge in [0, 0.05) is 19.7 Å². The number of benzene rings is 1. The number of hydrogen-bond donors (Lipinski definition) is 1. The summed E-state index contributed by atoms with van der Waals surface area (Å²) in [6.07, 6.45) is 0. The lowest BCUT2D eigenvalue weighted by Gasteiger charge is -2.00. The molecule has 0 bridgehead atoms. The van der Waals surface area contributed by atoms with E-state index in [1.165, 1.54) is 6.92 Å². The number of rotatable bonds is 1. The van der Waals surface area contributed by atoms with Gasteiger partial charge in [-0.25, -0.2) is 4.68 Å². The minimum Gasteiger partial charge on any atom is -0.326 e. The van der Waals surface area contributed by atoms with Gasteiger partial charge in [-0.15, -0.1) is 5.10 Å². The summed E-state index contributed by atoms with van der Waals surface area (Å²) in [5.74, 6) is -0.0896. The molecule has 0 radical (unpaired) electrons. The zero-order valence-corrected chi connectivity index (χ0v) is 7.98. The first-order valence-electron chi connectivity index (χ1n) is 4.24. The van der Waals surface area contributed by atoms with Gasteiger partial charge >= 0.3 is 0 Å². The van der Waals surface area contributed by atoms with Crippen LogP contribution in [0.2, 0.25) is 0 Å². The largest absolute Gasteiger partial charge is 0.326 e. The number of carbonyl (C=O) groups is 1. The number of amides is 1. The van der Waals surface area contributed by atoms with Crippen LogP contribution >= 0.6 is 0 Å². The van der Waals surface area contributed by atoms with E-state index in [2.05, 4.69) is 15.6 Å². The van der Waals surface area contributed by atoms with Crippen LogP contribution in [0.25, 0.3) is 11.0 Å². The standard InChI is InChI=1S/C9H10N4O/c1-6(14)10-7-3-4-9-8(5-7)11-12-13(9)2/h3-5H,1-2H3,(H,10,14). The number of hydrogen-bond acceptors (Lipinski definition) is 3. The molecule has 0 aliphatic rings. The van der Waals surface area contributed by atoms with Crippen molar-refractivity contribution in [3.8, 4) is 0 Å². The molecule has 1 N–H and O–H groups in total. The molecule has 0 saturated carbocycles. The number of anilines is 1. The Balaban J connectivity index is 2.46. The van der Waals surface area contributed by atoms with E-state index in [1.54, 1.807) is 10.7 Å². The molecule has 1 aromatic carbocycles. The predicted molar refractivity (Wildman–Crippen MR) is 52.8 cm³/mol. The highest BCUT2D eigenvalue weighted by Crippen LogP contribution is 2.15. The van der Waals surface area contributed by atoms with Crippen molar-refractivity contribution in [3.05, 3.63) is 18.2 Å². The van der Waals surface area contributed by atoms with Crippen molar-refractivity contribution >= 4 is 22.6 Å². The summed E-state index contributed by atoms with van der Waals surface area (Å²) in [7, 11) is 1.83. The summed E-state index contributed by atoms with van der Waals surface area (Å²) in [6, 6.07) is 5.50. The number of aryl methyl sites for hydroxylation is 1. The van der Waals surface area contributed by atoms with Crippen LogP contribution < -0.4 is 5.32 Å². The molecule has 0 saturated heterocycles. The topological polar surface area (TPSA) is 59.8 Å². The lowest BCUT2D eigenvalue weighted by Crippen LogP contribution is -2.05. The first-order valence-corrected chi connectivity index (χ1v) is 4.24. The smallest absolute Gasteiger partial charge is 0.221 e. The second kappa shape index (κ2) is 3.10. The predicted octanol–water partition coefficient (Wildman–Crippen LogP) is 0.927. The quantitative estimate of drug-likeness (QED) is 0.727. The fraction of sp³-hybridized carbons (Fsp3) is 0.222. The summed E-state index contributed by atoms with van der Waals surface area (Å²) in [4.78, 5) is 10.8. The molecule has 5 heteroatoms. The third kappa shape index (κ3) is 1.44. The Bertz CT molecular complexity index is 489. The maximum atomic E-state index is 10.8. The van der Waals surface area contributed by atoms with Gasteiger partial charge in [-0.05, 0) is 18.2 Å². The summed E-state index contributed by atoms with van der Waals surface area (Å²) in [6.45, 7) is 1.47. The van der Waals surface area contributed by atoms with E-state index < -0.39 is 0 Å². The molecule has 0 aliphatic heterocycles. The summed E-state index contributed by atoms with van der Waals surface area (Å²) >= 11 is 0. The third-order valence-corrected chi connectivity index (χ3v) is 1.93. The molecule has 1 amide bonds. The van der Waals surface area contributed by atoms with Gasteiger partial charge in [-0.2, -0.15) is 0 Å². The lowest BCUT2D eigenvalue weighted by atomic mass is 10.2. The lowest BCUT2D eigenvalue weighted by molar-refractivity contribution is -0.114. The van der Waals surface area contributed by atoms with Crippen molar-refractivity contribution in [2.24, 2.45) is 7.05 Å². The molecule has 0 fully saturated rings. The Hall–Kier alpha value is -1.91. The normalized spacial score (nSPS) is 10.4. The van der Waals surface area contributed by atoms with Gasteiger partial charge in [-0.1, -0.05) is 5.21 Å². The van der Waals surface area contributed by atoms with Crippen molar-refractivity contribution in [2.45, 2.75) is 6.92 Å². The second-order valence-electron chi connectivity index (χ2n) is 3.10. The van der Waals surface area contributed by atoms with Crippen LogP contribution in [0.1, 0.15) is 6.92 Å². The van der Waals surface area contributed by atoms with Gasteiger partial charge in [0.2, 0.25) is 5.91 Å². The Kier molecular flexibility index (Phi) is 1.92. The number of carbonyl (C=O) groups excluding carboxylic acids is 1. The zero-order chi connectivity index (χ0) is 10.1. The SMILES string of the molecule is CC(=O)Nc1ccc2c(c1)nnn2C. The van der Waals surface area contributed by atoms with Crippen molar-refractivity contribution in [1.82, 2.24) is 15.0 Å². The Morgan fingerprint density at radius 1 is 1.50 bits per heavy atom. The molecule has 0 aliphatic carbocycles. The number of nitrogens with one attached hydrogen (secondary N) is 1. The Morgan fingerprint density at radius 2 is 2.29 bits per heavy atom. The fourth-order valence-corrected chi connectivity index (χ4v) is 1.32. The molecular weight excluding hydrogens is 180 g/mol. The molecule has 1 heterocycles. The molecule has 14 heavy (non-hydrogen) atoms. The van der Waals surface area contributed by atoms with Crippen molar-refractivity contribution in [3.63, 3.8) is 0 Å². The highest BCUT2D eigenvalue weighted by molar-refractivity contribution is 5.91. The molecule has 2 aromatic rings. The number of fused-ring (bicyclic) bond motifs is 1. The number of nitrogens with zero attached hydrogens (tertiary/aromatic N) is 3. The van der Waals surface area contributed by atoms with Gasteiger partial charge in [0.1, 0.15) is 5.52 Å². The van der Waals surface area contributed by atoms with Gasteiger partial charge in [0.05, 0.1) is 5.52 Å². The van der Waals surface area contributed by atoms with E-state index in [0.29, 0.717) is 0 Å². The number of aromatic nitrogens is 3. The Labute approximate surface area is 80.7 Å². The van der Waals surface area contributed by atoms with Crippen LogP contribution in [0, 0.1) is 0 Å². The van der Waals surface area contributed by atoms with Crippen LogP contribution in [0.15, 0.2) is 18.2 Å². The molecule has 2 rings (SSSR count). The van der Waals surface area contributed by atoms with Crippen LogP contribution in [0.5, 0.6) is 0 Å². The summed E-state index contributed by atoms with van der Waals surface area (Å²) in [5.41, 5.74) is 2.46. The average molecular weight is 190 g/mol. The molecule has 0 atom stereocenters. The van der Waals surface area contributed by atoms with Gasteiger partial charge in [0.15, 0.2) is 0 Å². The minimum absolute atomic E-state index is 0.0896. The van der Waals surface area contributed by atoms with Crippen LogP contribution in [-0.4, -0.2) is 20.9 Å². The van der Waals surface area contributed by atoms with Crippen molar-refractivity contribution < 1.29 is 4.79 Å². The van der Waals surface area contributed by atoms with E-state index in [-0.39, 0.29) is 5.91 Å². The van der Waals surface area contributed by atoms with Crippen LogP contribution in [0.4, 0.5) is 5.69 Å². The second-order valence-corrected chi connectivity index (χ2v) is 3.10. The molecule has 1 aromatic heterocycles. The highest BCUT2D eigenvalue weighted by atomic mass is 16.1. The maximum absolute atomic E-state index is 10.8. The monoisotopic (exact) mass is 190 g/mol. The Morgan fingerprint density at radius 3 is 3.00 bits per heavy atom. The summed E-state index contributed by atoms with van der Waals surface area (Å²) < 4.78 is 1.69. The zero-order valence-electron chi connectivity index (χ0n) is 7.98. The molecule has 0 spiro atoms. The first kappa shape index (κ1) is 8.68. The average Bonchev–Trinajstić information content (AvgIpc) is 2.46. The van der Waals surface area contributed by atoms with Crippen molar-refractivity contribution in [2.75, 3.05) is 5.32 Å². The van der Waals surface area contributed by atoms with E-state index in [0.717, 1.165) is 16.7 Å². The highest BCUT2D eigenvalue weighted by Gasteiger charge is 2.02. The maximum Gasteiger partial charge on any atom is 0.221 e. The first-order chi connectivity index (χ1) is 6.66. The van der Waals surface area contributed by atoms with E-state index in [1.807, 2.05) is 19.2 Å². The van der Waals surface area contributed by atoms with E-state index in [4.69, 9.17) is 0 Å². The molecule has 5 nitrogen and oxygen atoms in total.